The molecule has 1 aromatic carbocycles. The first kappa shape index (κ1) is 27.5. The standard InChI is InChI=1S/C30H42N4O5/c1-30(2,3)39-29(38)31-17-20-9-11-21(12-10-20)33(16-15-19-7-8-19)24-6-4-5-22-23(24)18-34(28(22)37)25-13-14-26(35)32-27(25)36/h4-6,19-21,25H,7-18H2,1-3H3,(H,31,38)(H,32,35,36). The van der Waals surface area contributed by atoms with Crippen LogP contribution in [-0.4, -0.2) is 59.5 Å². The van der Waals surface area contributed by atoms with Gasteiger partial charge in [0.05, 0.1) is 0 Å². The summed E-state index contributed by atoms with van der Waals surface area (Å²) in [7, 11) is 0. The molecule has 2 saturated carbocycles. The van der Waals surface area contributed by atoms with Gasteiger partial charge in [0.25, 0.3) is 5.91 Å². The lowest BCUT2D eigenvalue weighted by Gasteiger charge is -2.39. The van der Waals surface area contributed by atoms with E-state index in [1.807, 2.05) is 32.9 Å². The highest BCUT2D eigenvalue weighted by Crippen LogP contribution is 2.39. The first-order valence-electron chi connectivity index (χ1n) is 14.6. The highest BCUT2D eigenvalue weighted by atomic mass is 16.6. The molecule has 1 saturated heterocycles. The SMILES string of the molecule is CC(C)(C)OC(=O)NCC1CCC(N(CCC2CC2)c2cccc3c2CN(C2CCC(=O)NC2=O)C3=O)CC1. The third-order valence-electron chi connectivity index (χ3n) is 8.53. The second-order valence-corrected chi connectivity index (χ2v) is 12.7. The van der Waals surface area contributed by atoms with Gasteiger partial charge >= 0.3 is 6.09 Å². The molecule has 2 N–H and O–H groups in total. The highest BCUT2D eigenvalue weighted by Gasteiger charge is 2.41. The third kappa shape index (κ3) is 6.56. The Morgan fingerprint density at radius 1 is 1.05 bits per heavy atom. The summed E-state index contributed by atoms with van der Waals surface area (Å²) in [6, 6.07) is 5.71. The lowest BCUT2D eigenvalue weighted by atomic mass is 9.84. The summed E-state index contributed by atoms with van der Waals surface area (Å²) in [5, 5.41) is 5.34. The van der Waals surface area contributed by atoms with Gasteiger partial charge in [-0.3, -0.25) is 19.7 Å². The Bertz CT molecular complexity index is 1120. The first-order chi connectivity index (χ1) is 18.6. The van der Waals surface area contributed by atoms with E-state index in [4.69, 9.17) is 4.74 Å². The average molecular weight is 539 g/mol. The molecule has 3 fully saturated rings. The maximum atomic E-state index is 13.4. The van der Waals surface area contributed by atoms with E-state index in [1.165, 1.54) is 12.8 Å². The topological polar surface area (TPSA) is 108 Å². The summed E-state index contributed by atoms with van der Waals surface area (Å²) in [5.74, 6) is 0.438. The minimum atomic E-state index is -0.608. The van der Waals surface area contributed by atoms with Gasteiger partial charge in [0.1, 0.15) is 11.6 Å². The van der Waals surface area contributed by atoms with Gasteiger partial charge in [-0.05, 0) is 83.3 Å². The smallest absolute Gasteiger partial charge is 0.407 e. The van der Waals surface area contributed by atoms with Crippen LogP contribution in [-0.2, 0) is 20.9 Å². The summed E-state index contributed by atoms with van der Waals surface area (Å²) in [4.78, 5) is 53.9. The summed E-state index contributed by atoms with van der Waals surface area (Å²) in [6.45, 7) is 7.58. The second kappa shape index (κ2) is 11.2. The van der Waals surface area contributed by atoms with Gasteiger partial charge in [-0.25, -0.2) is 4.79 Å². The fourth-order valence-electron chi connectivity index (χ4n) is 6.27. The van der Waals surface area contributed by atoms with Gasteiger partial charge in [-0.1, -0.05) is 18.9 Å². The zero-order chi connectivity index (χ0) is 27.7. The second-order valence-electron chi connectivity index (χ2n) is 12.7. The van der Waals surface area contributed by atoms with E-state index in [9.17, 15) is 19.2 Å². The van der Waals surface area contributed by atoms with Crippen molar-refractivity contribution in [3.63, 3.8) is 0 Å². The number of amides is 4. The fraction of sp³-hybridized carbons (Fsp3) is 0.667. The van der Waals surface area contributed by atoms with Crippen LogP contribution in [0.4, 0.5) is 10.5 Å². The number of imide groups is 1. The summed E-state index contributed by atoms with van der Waals surface area (Å²) >= 11 is 0. The van der Waals surface area contributed by atoms with Crippen LogP contribution in [0.25, 0.3) is 0 Å². The summed E-state index contributed by atoms with van der Waals surface area (Å²) in [6.07, 6.45) is 8.11. The molecule has 2 aliphatic heterocycles. The van der Waals surface area contributed by atoms with E-state index in [-0.39, 0.29) is 30.2 Å². The van der Waals surface area contributed by atoms with E-state index >= 15 is 0 Å². The molecule has 2 heterocycles. The Balaban J connectivity index is 1.27. The number of alkyl carbamates (subject to hydrolysis) is 1. The Labute approximate surface area is 231 Å². The number of anilines is 1. The zero-order valence-corrected chi connectivity index (χ0v) is 23.5. The average Bonchev–Trinajstić information content (AvgIpc) is 3.65. The van der Waals surface area contributed by atoms with Gasteiger partial charge in [-0.2, -0.15) is 0 Å². The molecule has 1 unspecified atom stereocenters. The Morgan fingerprint density at radius 3 is 2.44 bits per heavy atom. The maximum Gasteiger partial charge on any atom is 0.407 e. The largest absolute Gasteiger partial charge is 0.444 e. The van der Waals surface area contributed by atoms with Crippen molar-refractivity contribution in [3.05, 3.63) is 29.3 Å². The lowest BCUT2D eigenvalue weighted by Crippen LogP contribution is -2.52. The highest BCUT2D eigenvalue weighted by molar-refractivity contribution is 6.06. The number of carbonyl (C=O) groups is 4. The molecule has 0 radical (unpaired) electrons. The maximum absolute atomic E-state index is 13.4. The molecule has 212 valence electrons. The van der Waals surface area contributed by atoms with Gasteiger partial charge in [-0.15, -0.1) is 0 Å². The van der Waals surface area contributed by atoms with Crippen molar-refractivity contribution in [2.45, 2.75) is 103 Å². The molecule has 4 amide bonds. The van der Waals surface area contributed by atoms with Crippen LogP contribution in [0.2, 0.25) is 0 Å². The van der Waals surface area contributed by atoms with Crippen LogP contribution < -0.4 is 15.5 Å². The fourth-order valence-corrected chi connectivity index (χ4v) is 6.27. The first-order valence-corrected chi connectivity index (χ1v) is 14.6. The number of piperidine rings is 1. The Kier molecular flexibility index (Phi) is 7.87. The van der Waals surface area contributed by atoms with Gasteiger partial charge < -0.3 is 19.9 Å². The van der Waals surface area contributed by atoms with Crippen molar-refractivity contribution >= 4 is 29.5 Å². The van der Waals surface area contributed by atoms with Gasteiger partial charge in [0, 0.05) is 48.9 Å². The molecule has 9 nitrogen and oxygen atoms in total. The van der Waals surface area contributed by atoms with E-state index in [0.717, 1.165) is 55.8 Å². The number of carbonyl (C=O) groups excluding carboxylic acids is 4. The number of nitrogens with one attached hydrogen (secondary N) is 2. The van der Waals surface area contributed by atoms with Crippen molar-refractivity contribution in [1.82, 2.24) is 15.5 Å². The Morgan fingerprint density at radius 2 is 1.77 bits per heavy atom. The molecule has 1 atom stereocenters. The zero-order valence-electron chi connectivity index (χ0n) is 23.5. The van der Waals surface area contributed by atoms with Crippen LogP contribution >= 0.6 is 0 Å². The van der Waals surface area contributed by atoms with Crippen molar-refractivity contribution in [3.8, 4) is 0 Å². The van der Waals surface area contributed by atoms with Gasteiger partial charge in [0.2, 0.25) is 11.8 Å². The number of nitrogens with zero attached hydrogens (tertiary/aromatic N) is 2. The quantitative estimate of drug-likeness (QED) is 0.482. The number of rotatable bonds is 8. The van der Waals surface area contributed by atoms with Crippen molar-refractivity contribution in [1.29, 1.82) is 0 Å². The molecule has 39 heavy (non-hydrogen) atoms. The molecule has 0 aromatic heterocycles. The summed E-state index contributed by atoms with van der Waals surface area (Å²) in [5.41, 5.74) is 2.27. The molecule has 4 aliphatic rings. The van der Waals surface area contributed by atoms with E-state index in [0.29, 0.717) is 37.0 Å². The molecular formula is C30H42N4O5. The molecule has 0 bridgehead atoms. The van der Waals surface area contributed by atoms with Crippen LogP contribution in [0, 0.1) is 11.8 Å². The Hall–Kier alpha value is -3.10. The third-order valence-corrected chi connectivity index (χ3v) is 8.53. The minimum Gasteiger partial charge on any atom is -0.444 e. The number of benzene rings is 1. The van der Waals surface area contributed by atoms with Crippen LogP contribution in [0.1, 0.15) is 94.5 Å². The number of hydrogen-bond donors (Lipinski definition) is 2. The van der Waals surface area contributed by atoms with E-state index in [1.54, 1.807) is 4.90 Å². The van der Waals surface area contributed by atoms with E-state index in [2.05, 4.69) is 21.6 Å². The number of hydrogen-bond acceptors (Lipinski definition) is 6. The van der Waals surface area contributed by atoms with Crippen LogP contribution in [0.5, 0.6) is 0 Å². The van der Waals surface area contributed by atoms with Gasteiger partial charge in [0.15, 0.2) is 0 Å². The monoisotopic (exact) mass is 538 g/mol. The number of fused-ring (bicyclic) bond motifs is 1. The van der Waals surface area contributed by atoms with Crippen molar-refractivity contribution < 1.29 is 23.9 Å². The number of ether oxygens (including phenoxy) is 1. The molecule has 5 rings (SSSR count). The molecule has 9 heteroatoms. The van der Waals surface area contributed by atoms with Crippen molar-refractivity contribution in [2.24, 2.45) is 11.8 Å². The predicted octanol–water partition coefficient (Wildman–Crippen LogP) is 4.14. The normalized spacial score (nSPS) is 25.3. The molecule has 0 spiro atoms. The summed E-state index contributed by atoms with van der Waals surface area (Å²) < 4.78 is 5.39. The molecule has 2 aliphatic carbocycles. The minimum absolute atomic E-state index is 0.125. The predicted molar refractivity (Wildman–Crippen MR) is 147 cm³/mol. The van der Waals surface area contributed by atoms with Crippen molar-refractivity contribution in [2.75, 3.05) is 18.0 Å². The van der Waals surface area contributed by atoms with E-state index < -0.39 is 11.6 Å². The van der Waals surface area contributed by atoms with Crippen LogP contribution in [0.15, 0.2) is 18.2 Å². The van der Waals surface area contributed by atoms with Crippen LogP contribution in [0.3, 0.4) is 0 Å². The molecular weight excluding hydrogens is 496 g/mol. The lowest BCUT2D eigenvalue weighted by molar-refractivity contribution is -0.136. The molecule has 1 aromatic rings.